The van der Waals surface area contributed by atoms with Gasteiger partial charge in [-0.2, -0.15) is 45.1 Å². The van der Waals surface area contributed by atoms with Crippen LogP contribution in [0.25, 0.3) is 27.6 Å². The van der Waals surface area contributed by atoms with E-state index in [1.807, 2.05) is 0 Å². The second-order valence-electron chi connectivity index (χ2n) is 14.2. The third-order valence-corrected chi connectivity index (χ3v) is 9.66. The molecule has 324 valence electrons. The van der Waals surface area contributed by atoms with Crippen molar-refractivity contribution in [1.29, 1.82) is 0 Å². The highest BCUT2D eigenvalue weighted by atomic mass is 35.5. The van der Waals surface area contributed by atoms with Crippen LogP contribution < -0.4 is 19.9 Å². The Kier molecular flexibility index (Phi) is 11.9. The van der Waals surface area contributed by atoms with Gasteiger partial charge in [-0.1, -0.05) is 11.6 Å². The van der Waals surface area contributed by atoms with Crippen molar-refractivity contribution in [1.82, 2.24) is 29.6 Å². The van der Waals surface area contributed by atoms with Crippen molar-refractivity contribution in [2.24, 2.45) is 7.05 Å². The highest BCUT2D eigenvalue weighted by Gasteiger charge is 2.73. The minimum absolute atomic E-state index is 0.160. The third-order valence-electron chi connectivity index (χ3n) is 8.26. The van der Waals surface area contributed by atoms with E-state index in [-0.39, 0.29) is 27.2 Å². The van der Waals surface area contributed by atoms with Crippen LogP contribution in [-0.4, -0.2) is 81.2 Å². The number of ether oxygens (including phenoxy) is 2. The zero-order chi connectivity index (χ0) is 45.1. The third kappa shape index (κ3) is 9.07. The summed E-state index contributed by atoms with van der Waals surface area (Å²) in [4.78, 5) is 48.7. The lowest BCUT2D eigenvalue weighted by atomic mass is 10.1. The number of halogens is 10. The van der Waals surface area contributed by atoms with E-state index < -0.39 is 110 Å². The van der Waals surface area contributed by atoms with Crippen molar-refractivity contribution in [2.75, 3.05) is 17.2 Å². The quantitative estimate of drug-likeness (QED) is 0.137. The molecule has 3 aromatic heterocycles. The number of pyridine rings is 1. The predicted molar refractivity (Wildman–Crippen MR) is 196 cm³/mol. The summed E-state index contributed by atoms with van der Waals surface area (Å²) >= 11 is 6.55. The second kappa shape index (κ2) is 15.7. The monoisotopic (exact) mass is 899 g/mol. The summed E-state index contributed by atoms with van der Waals surface area (Å²) in [5, 5.41) is 5.74. The number of amides is 2. The Morgan fingerprint density at radius 2 is 1.58 bits per heavy atom. The number of aryl methyl sites for hydroxylation is 1. The lowest BCUT2D eigenvalue weighted by Crippen LogP contribution is -2.54. The number of benzene rings is 2. The van der Waals surface area contributed by atoms with Crippen LogP contribution in [0.4, 0.5) is 50.1 Å². The molecule has 25 heteroatoms. The van der Waals surface area contributed by atoms with Gasteiger partial charge in [0.05, 0.1) is 33.3 Å². The molecule has 0 saturated heterocycles. The summed E-state index contributed by atoms with van der Waals surface area (Å²) in [6.07, 6.45) is -9.68. The predicted octanol–water partition coefficient (Wildman–Crippen LogP) is 6.93. The number of fused-ring (bicyclic) bond motifs is 2. The Morgan fingerprint density at radius 1 is 0.967 bits per heavy atom. The van der Waals surface area contributed by atoms with Gasteiger partial charge in [-0.3, -0.25) is 18.8 Å². The number of nitrogens with zero attached hydrogens (tertiary/aromatic N) is 6. The molecule has 0 aliphatic rings. The van der Waals surface area contributed by atoms with E-state index in [1.54, 1.807) is 20.8 Å². The maximum atomic E-state index is 14.6. The Balaban J connectivity index is 1.84. The van der Waals surface area contributed by atoms with Gasteiger partial charge in [0.1, 0.15) is 11.6 Å². The molecular formula is C35H31ClF9N7O7S. The smallest absolute Gasteiger partial charge is 0.460 e. The molecule has 2 amide bonds. The Morgan fingerprint density at radius 3 is 2.13 bits per heavy atom. The van der Waals surface area contributed by atoms with E-state index in [0.717, 1.165) is 34.4 Å². The van der Waals surface area contributed by atoms with Crippen LogP contribution in [-0.2, 0) is 33.0 Å². The first-order chi connectivity index (χ1) is 27.4. The average Bonchev–Trinajstić information content (AvgIpc) is 3.41. The molecule has 0 saturated carbocycles. The fourth-order valence-electron chi connectivity index (χ4n) is 5.85. The maximum Gasteiger partial charge on any atom is 0.460 e. The number of anilines is 1. The van der Waals surface area contributed by atoms with Gasteiger partial charge in [-0.05, 0) is 56.7 Å². The number of hydrogen-bond donors (Lipinski definition) is 1. The Hall–Kier alpha value is -5.65. The zero-order valence-corrected chi connectivity index (χ0v) is 33.3. The molecule has 5 rings (SSSR count). The molecule has 0 bridgehead atoms. The minimum atomic E-state index is -6.67. The SMILES string of the molecule is CC(=O)N(c1nn(C)c2c(-n3c([C@H](Cc4cc(F)cc(F)c4)OC(=O)NC(C)(C)C)nc4nc(OCC(F)(F)C(F)(F)C(F)(F)F)ccc4c3=O)ccc(Cl)c12)S(C)(=O)=O. The first-order valence-corrected chi connectivity index (χ1v) is 19.1. The van der Waals surface area contributed by atoms with E-state index in [2.05, 4.69) is 25.1 Å². The van der Waals surface area contributed by atoms with Crippen molar-refractivity contribution in [2.45, 2.75) is 63.8 Å². The first-order valence-electron chi connectivity index (χ1n) is 16.9. The molecule has 0 unspecified atom stereocenters. The molecular weight excluding hydrogens is 869 g/mol. The largest absolute Gasteiger partial charge is 0.471 e. The van der Waals surface area contributed by atoms with Gasteiger partial charge in [0, 0.05) is 38.1 Å². The lowest BCUT2D eigenvalue weighted by molar-refractivity contribution is -0.358. The van der Waals surface area contributed by atoms with Gasteiger partial charge in [0.25, 0.3) is 5.56 Å². The van der Waals surface area contributed by atoms with Gasteiger partial charge in [-0.15, -0.1) is 0 Å². The molecule has 0 aliphatic carbocycles. The van der Waals surface area contributed by atoms with Crippen molar-refractivity contribution in [3.63, 3.8) is 0 Å². The summed E-state index contributed by atoms with van der Waals surface area (Å²) < 4.78 is 161. The zero-order valence-electron chi connectivity index (χ0n) is 31.8. The number of carbonyl (C=O) groups excluding carboxylic acids is 2. The lowest BCUT2D eigenvalue weighted by Gasteiger charge is -2.27. The molecule has 0 radical (unpaired) electrons. The molecule has 0 spiro atoms. The molecule has 60 heavy (non-hydrogen) atoms. The standard InChI is InChI=1S/C35H31ClF9N7O7S/c1-16(53)52(60(6,56)57)29-25-21(36)8-9-22(26(25)50(5)49-29)51-28(23(59-31(55)48-32(2,3)4)13-17-11-18(37)14-19(38)12-17)47-27-20(30(51)54)7-10-24(46-27)58-15-33(39,40)34(41,42)35(43,44)45/h7-12,14,23H,13,15H2,1-6H3,(H,48,55)/t23-/m0/s1. The Bertz CT molecular complexity index is 2680. The van der Waals surface area contributed by atoms with Crippen LogP contribution in [0, 0.1) is 11.6 Å². The normalized spacial score (nSPS) is 13.4. The van der Waals surface area contributed by atoms with E-state index >= 15 is 0 Å². The number of alkyl halides is 7. The van der Waals surface area contributed by atoms with Crippen molar-refractivity contribution >= 4 is 61.4 Å². The summed E-state index contributed by atoms with van der Waals surface area (Å²) in [5.74, 6) is -17.7. The maximum absolute atomic E-state index is 14.6. The Labute approximate surface area is 337 Å². The van der Waals surface area contributed by atoms with Gasteiger partial charge in [-0.25, -0.2) is 27.0 Å². The van der Waals surface area contributed by atoms with Crippen LogP contribution in [0.3, 0.4) is 0 Å². The molecule has 1 atom stereocenters. The van der Waals surface area contributed by atoms with E-state index in [9.17, 15) is 62.3 Å². The molecule has 14 nitrogen and oxygen atoms in total. The molecule has 1 N–H and O–H groups in total. The summed E-state index contributed by atoms with van der Waals surface area (Å²) in [6, 6.07) is 6.11. The first kappa shape index (κ1) is 45.4. The van der Waals surface area contributed by atoms with Crippen molar-refractivity contribution < 1.29 is 67.0 Å². The number of alkyl carbamates (subject to hydrolysis) is 1. The topological polar surface area (TPSA) is 168 Å². The highest BCUT2D eigenvalue weighted by molar-refractivity contribution is 7.92. The number of sulfonamides is 1. The number of rotatable bonds is 11. The number of aromatic nitrogens is 5. The molecule has 0 fully saturated rings. The minimum Gasteiger partial charge on any atom is -0.471 e. The van der Waals surface area contributed by atoms with Gasteiger partial charge in [0.15, 0.2) is 30.0 Å². The average molecular weight is 900 g/mol. The number of nitrogens with one attached hydrogen (secondary N) is 1. The van der Waals surface area contributed by atoms with Crippen LogP contribution in [0.1, 0.15) is 45.2 Å². The second-order valence-corrected chi connectivity index (χ2v) is 16.5. The summed E-state index contributed by atoms with van der Waals surface area (Å²) in [7, 11) is -3.10. The molecule has 2 aromatic carbocycles. The number of carbonyl (C=O) groups is 2. The van der Waals surface area contributed by atoms with Crippen molar-refractivity contribution in [3.05, 3.63) is 80.9 Å². The highest BCUT2D eigenvalue weighted by Crippen LogP contribution is 2.46. The van der Waals surface area contributed by atoms with Crippen LogP contribution in [0.2, 0.25) is 5.02 Å². The summed E-state index contributed by atoms with van der Waals surface area (Å²) in [5.41, 5.74) is -3.47. The van der Waals surface area contributed by atoms with Gasteiger partial charge >= 0.3 is 24.1 Å². The fourth-order valence-corrected chi connectivity index (χ4v) is 7.00. The van der Waals surface area contributed by atoms with Gasteiger partial charge < -0.3 is 14.8 Å². The number of hydrogen-bond acceptors (Lipinski definition) is 10. The molecule has 3 heterocycles. The molecule has 5 aromatic rings. The van der Waals surface area contributed by atoms with Crippen LogP contribution in [0.15, 0.2) is 47.3 Å². The van der Waals surface area contributed by atoms with Gasteiger partial charge in [0.2, 0.25) is 21.8 Å². The van der Waals surface area contributed by atoms with E-state index in [0.29, 0.717) is 22.7 Å². The van der Waals surface area contributed by atoms with Crippen LogP contribution >= 0.6 is 11.6 Å². The molecule has 0 aliphatic heterocycles. The van der Waals surface area contributed by atoms with E-state index in [4.69, 9.17) is 16.3 Å². The van der Waals surface area contributed by atoms with E-state index in [1.165, 1.54) is 19.2 Å². The van der Waals surface area contributed by atoms with Crippen molar-refractivity contribution in [3.8, 4) is 11.6 Å². The fraction of sp³-hybridized carbons (Fsp3) is 0.371. The van der Waals surface area contributed by atoms with Crippen LogP contribution in [0.5, 0.6) is 5.88 Å². The summed E-state index contributed by atoms with van der Waals surface area (Å²) in [6.45, 7) is 3.03.